The van der Waals surface area contributed by atoms with Crippen molar-refractivity contribution in [1.82, 2.24) is 0 Å². The zero-order valence-corrected chi connectivity index (χ0v) is 19.1. The van der Waals surface area contributed by atoms with Crippen molar-refractivity contribution in [2.45, 2.75) is 20.0 Å². The van der Waals surface area contributed by atoms with Crippen molar-refractivity contribution in [2.75, 3.05) is 28.7 Å². The number of ether oxygens (including phenoxy) is 2. The third kappa shape index (κ3) is 5.56. The van der Waals surface area contributed by atoms with E-state index < -0.39 is 12.1 Å². The second-order valence-electron chi connectivity index (χ2n) is 7.68. The van der Waals surface area contributed by atoms with Crippen LogP contribution in [-0.2, 0) is 4.79 Å². The predicted molar refractivity (Wildman–Crippen MR) is 130 cm³/mol. The van der Waals surface area contributed by atoms with Crippen molar-refractivity contribution in [3.05, 3.63) is 77.3 Å². The Hall–Kier alpha value is -3.71. The topological polar surface area (TPSA) is 79.9 Å². The Morgan fingerprint density at radius 3 is 2.55 bits per heavy atom. The average molecular weight is 466 g/mol. The van der Waals surface area contributed by atoms with Gasteiger partial charge in [0.2, 0.25) is 0 Å². The highest BCUT2D eigenvalue weighted by Crippen LogP contribution is 2.36. The summed E-state index contributed by atoms with van der Waals surface area (Å²) in [5.74, 6) is 1.15. The van der Waals surface area contributed by atoms with Crippen LogP contribution in [0.1, 0.15) is 12.5 Å². The number of halogens is 1. The molecule has 1 unspecified atom stereocenters. The molecule has 8 heteroatoms. The summed E-state index contributed by atoms with van der Waals surface area (Å²) in [6.07, 6.45) is -0.608. The number of carbonyl (C=O) groups excluding carboxylic acids is 2. The van der Waals surface area contributed by atoms with Gasteiger partial charge in [0, 0.05) is 16.4 Å². The summed E-state index contributed by atoms with van der Waals surface area (Å²) in [4.78, 5) is 26.9. The van der Waals surface area contributed by atoms with Crippen LogP contribution in [0.2, 0.25) is 5.02 Å². The third-order valence-electron chi connectivity index (χ3n) is 5.10. The van der Waals surface area contributed by atoms with Crippen molar-refractivity contribution in [3.63, 3.8) is 0 Å². The molecule has 0 radical (unpaired) electrons. The summed E-state index contributed by atoms with van der Waals surface area (Å²) in [7, 11) is 0. The highest BCUT2D eigenvalue weighted by Gasteiger charge is 2.31. The number of rotatable bonds is 6. The minimum Gasteiger partial charge on any atom is -0.492 e. The molecule has 1 atom stereocenters. The van der Waals surface area contributed by atoms with Gasteiger partial charge in [-0.1, -0.05) is 23.7 Å². The second kappa shape index (κ2) is 9.83. The number of benzene rings is 3. The van der Waals surface area contributed by atoms with E-state index in [0.29, 0.717) is 41.0 Å². The van der Waals surface area contributed by atoms with Gasteiger partial charge in [-0.05, 0) is 74.0 Å². The molecule has 33 heavy (non-hydrogen) atoms. The van der Waals surface area contributed by atoms with Gasteiger partial charge in [-0.3, -0.25) is 4.79 Å². The molecule has 0 saturated carbocycles. The van der Waals surface area contributed by atoms with E-state index in [2.05, 4.69) is 10.6 Å². The highest BCUT2D eigenvalue weighted by atomic mass is 35.5. The molecule has 0 aromatic heterocycles. The zero-order valence-electron chi connectivity index (χ0n) is 18.3. The second-order valence-corrected chi connectivity index (χ2v) is 8.12. The lowest BCUT2D eigenvalue weighted by atomic mass is 10.1. The first-order chi connectivity index (χ1) is 15.9. The maximum Gasteiger partial charge on any atom is 0.323 e. The van der Waals surface area contributed by atoms with Gasteiger partial charge < -0.3 is 25.0 Å². The first kappa shape index (κ1) is 22.5. The normalized spacial score (nSPS) is 14.8. The van der Waals surface area contributed by atoms with Gasteiger partial charge in [0.25, 0.3) is 5.91 Å². The molecule has 3 aromatic rings. The van der Waals surface area contributed by atoms with Crippen LogP contribution >= 0.6 is 11.6 Å². The molecule has 1 aliphatic heterocycles. The molecule has 0 saturated heterocycles. The molecule has 0 bridgehead atoms. The number of nitrogens with zero attached hydrogens (tertiary/aromatic N) is 1. The summed E-state index contributed by atoms with van der Waals surface area (Å²) in [6.45, 7) is 4.36. The van der Waals surface area contributed by atoms with Crippen LogP contribution in [0, 0.1) is 6.92 Å². The fraction of sp³-hybridized carbons (Fsp3) is 0.200. The summed E-state index contributed by atoms with van der Waals surface area (Å²) in [5.41, 5.74) is 2.81. The number of carbonyl (C=O) groups is 2. The van der Waals surface area contributed by atoms with Crippen molar-refractivity contribution in [1.29, 1.82) is 0 Å². The molecule has 4 rings (SSSR count). The SMILES string of the molecule is Cc1cccc(OCCN2C(=O)C(C)Oc3ccc(NC(=O)Nc4ccc(Cl)cc4)cc32)c1. The number of hydrogen-bond acceptors (Lipinski definition) is 4. The Kier molecular flexibility index (Phi) is 6.70. The maximum atomic E-state index is 12.8. The first-order valence-corrected chi connectivity index (χ1v) is 10.9. The number of aryl methyl sites for hydroxylation is 1. The molecular weight excluding hydrogens is 442 g/mol. The molecule has 3 aromatic carbocycles. The molecule has 7 nitrogen and oxygen atoms in total. The molecular formula is C25H24ClN3O4. The monoisotopic (exact) mass is 465 g/mol. The fourth-order valence-electron chi connectivity index (χ4n) is 3.50. The predicted octanol–water partition coefficient (Wildman–Crippen LogP) is 5.49. The Balaban J connectivity index is 1.46. The van der Waals surface area contributed by atoms with E-state index in [1.807, 2.05) is 31.2 Å². The molecule has 170 valence electrons. The Morgan fingerprint density at radius 2 is 1.79 bits per heavy atom. The zero-order chi connectivity index (χ0) is 23.4. The van der Waals surface area contributed by atoms with Crippen LogP contribution in [0.3, 0.4) is 0 Å². The molecule has 2 N–H and O–H groups in total. The number of hydrogen-bond donors (Lipinski definition) is 2. The Labute approximate surface area is 197 Å². The summed E-state index contributed by atoms with van der Waals surface area (Å²) < 4.78 is 11.6. The molecule has 0 aliphatic carbocycles. The van der Waals surface area contributed by atoms with Gasteiger partial charge in [0.05, 0.1) is 12.2 Å². The molecule has 1 heterocycles. The van der Waals surface area contributed by atoms with E-state index in [9.17, 15) is 9.59 Å². The van der Waals surface area contributed by atoms with Gasteiger partial charge in [-0.2, -0.15) is 0 Å². The molecule has 0 spiro atoms. The van der Waals surface area contributed by atoms with Crippen LogP contribution in [0.5, 0.6) is 11.5 Å². The van der Waals surface area contributed by atoms with E-state index in [-0.39, 0.29) is 5.91 Å². The molecule has 3 amide bonds. The molecule has 0 fully saturated rings. The molecule has 1 aliphatic rings. The maximum absolute atomic E-state index is 12.8. The highest BCUT2D eigenvalue weighted by molar-refractivity contribution is 6.30. The summed E-state index contributed by atoms with van der Waals surface area (Å²) >= 11 is 5.88. The van der Waals surface area contributed by atoms with Crippen molar-refractivity contribution >= 4 is 40.6 Å². The Bertz CT molecular complexity index is 1170. The third-order valence-corrected chi connectivity index (χ3v) is 5.35. The van der Waals surface area contributed by atoms with E-state index in [1.165, 1.54) is 0 Å². The average Bonchev–Trinajstić information content (AvgIpc) is 2.78. The van der Waals surface area contributed by atoms with Crippen molar-refractivity contribution in [3.8, 4) is 11.5 Å². The lowest BCUT2D eigenvalue weighted by molar-refractivity contribution is -0.125. The number of fused-ring (bicyclic) bond motifs is 1. The number of nitrogens with one attached hydrogen (secondary N) is 2. The lowest BCUT2D eigenvalue weighted by Crippen LogP contribution is -2.46. The van der Waals surface area contributed by atoms with Crippen LogP contribution in [0.25, 0.3) is 0 Å². The fourth-order valence-corrected chi connectivity index (χ4v) is 3.63. The van der Waals surface area contributed by atoms with Crippen LogP contribution < -0.4 is 25.0 Å². The van der Waals surface area contributed by atoms with Crippen LogP contribution in [-0.4, -0.2) is 31.2 Å². The minimum atomic E-state index is -0.608. The van der Waals surface area contributed by atoms with Gasteiger partial charge in [-0.25, -0.2) is 4.79 Å². The minimum absolute atomic E-state index is 0.168. The van der Waals surface area contributed by atoms with E-state index >= 15 is 0 Å². The van der Waals surface area contributed by atoms with Crippen LogP contribution in [0.15, 0.2) is 66.7 Å². The number of anilines is 3. The van der Waals surface area contributed by atoms with Gasteiger partial charge in [0.1, 0.15) is 18.1 Å². The van der Waals surface area contributed by atoms with Crippen molar-refractivity contribution < 1.29 is 19.1 Å². The largest absolute Gasteiger partial charge is 0.492 e. The van der Waals surface area contributed by atoms with Gasteiger partial charge in [-0.15, -0.1) is 0 Å². The van der Waals surface area contributed by atoms with Gasteiger partial charge in [0.15, 0.2) is 6.10 Å². The van der Waals surface area contributed by atoms with Gasteiger partial charge >= 0.3 is 6.03 Å². The number of amides is 3. The van der Waals surface area contributed by atoms with Crippen LogP contribution in [0.4, 0.5) is 21.9 Å². The number of urea groups is 1. The van der Waals surface area contributed by atoms with E-state index in [4.69, 9.17) is 21.1 Å². The Morgan fingerprint density at radius 1 is 1.06 bits per heavy atom. The lowest BCUT2D eigenvalue weighted by Gasteiger charge is -2.33. The van der Waals surface area contributed by atoms with E-state index in [1.54, 1.807) is 54.3 Å². The van der Waals surface area contributed by atoms with E-state index in [0.717, 1.165) is 11.3 Å². The summed E-state index contributed by atoms with van der Waals surface area (Å²) in [5, 5.41) is 6.11. The summed E-state index contributed by atoms with van der Waals surface area (Å²) in [6, 6.07) is 19.3. The smallest absolute Gasteiger partial charge is 0.323 e. The quantitative estimate of drug-likeness (QED) is 0.504. The first-order valence-electron chi connectivity index (χ1n) is 10.5. The van der Waals surface area contributed by atoms with Crippen molar-refractivity contribution in [2.24, 2.45) is 0 Å². The standard InChI is InChI=1S/C25H24ClN3O4/c1-16-4-3-5-21(14-16)32-13-12-29-22-15-20(10-11-23(22)33-17(2)24(29)30)28-25(31)27-19-8-6-18(26)7-9-19/h3-11,14-15,17H,12-13H2,1-2H3,(H2,27,28,31).